The largest absolute Gasteiger partial charge is 0.384 e. The maximum atomic E-state index is 12.3. The van der Waals surface area contributed by atoms with Gasteiger partial charge in [-0.25, -0.2) is 0 Å². The van der Waals surface area contributed by atoms with Crippen LogP contribution in [0.25, 0.3) is 0 Å². The van der Waals surface area contributed by atoms with E-state index in [4.69, 9.17) is 15.1 Å². The summed E-state index contributed by atoms with van der Waals surface area (Å²) in [5, 5.41) is 17.4. The smallest absolute Gasteiger partial charge is 0.254 e. The molecule has 20 heavy (non-hydrogen) atoms. The van der Waals surface area contributed by atoms with E-state index in [2.05, 4.69) is 11.8 Å². The van der Waals surface area contributed by atoms with Crippen LogP contribution >= 0.6 is 0 Å². The summed E-state index contributed by atoms with van der Waals surface area (Å²) in [6.07, 6.45) is -0.553. The standard InChI is InChI=1S/C15H14N2O3/c16-10-14-11-17(7-9-20-14)15(19)13-5-3-12(4-6-13)2-1-8-18/h3-6,14,18H,7-9,11H2. The second kappa shape index (κ2) is 6.72. The Labute approximate surface area is 117 Å². The van der Waals surface area contributed by atoms with Gasteiger partial charge in [0.25, 0.3) is 5.91 Å². The summed E-state index contributed by atoms with van der Waals surface area (Å²) in [5.74, 6) is 5.20. The van der Waals surface area contributed by atoms with Crippen LogP contribution < -0.4 is 0 Å². The van der Waals surface area contributed by atoms with Crippen molar-refractivity contribution < 1.29 is 14.6 Å². The number of aliphatic hydroxyl groups excluding tert-OH is 1. The van der Waals surface area contributed by atoms with E-state index in [1.54, 1.807) is 29.2 Å². The van der Waals surface area contributed by atoms with Crippen molar-refractivity contribution in [2.75, 3.05) is 26.3 Å². The Morgan fingerprint density at radius 1 is 1.45 bits per heavy atom. The minimum Gasteiger partial charge on any atom is -0.384 e. The molecule has 5 heteroatoms. The van der Waals surface area contributed by atoms with Crippen LogP contribution in [0.1, 0.15) is 15.9 Å². The van der Waals surface area contributed by atoms with Crippen molar-refractivity contribution in [1.82, 2.24) is 4.90 Å². The number of carbonyl (C=O) groups excluding carboxylic acids is 1. The molecule has 1 aliphatic rings. The third kappa shape index (κ3) is 3.36. The third-order valence-corrected chi connectivity index (χ3v) is 2.94. The zero-order chi connectivity index (χ0) is 14.4. The first-order valence-electron chi connectivity index (χ1n) is 6.25. The number of hydrogen-bond donors (Lipinski definition) is 1. The number of ether oxygens (including phenoxy) is 1. The predicted molar refractivity (Wildman–Crippen MR) is 71.7 cm³/mol. The van der Waals surface area contributed by atoms with Crippen LogP contribution in [0.2, 0.25) is 0 Å². The van der Waals surface area contributed by atoms with Crippen LogP contribution in [0, 0.1) is 23.2 Å². The fourth-order valence-corrected chi connectivity index (χ4v) is 1.93. The summed E-state index contributed by atoms with van der Waals surface area (Å²) in [4.78, 5) is 13.9. The number of morpholine rings is 1. The van der Waals surface area contributed by atoms with Crippen molar-refractivity contribution >= 4 is 5.91 Å². The van der Waals surface area contributed by atoms with E-state index in [0.717, 1.165) is 5.56 Å². The van der Waals surface area contributed by atoms with Crippen LogP contribution in [0.3, 0.4) is 0 Å². The molecule has 5 nitrogen and oxygen atoms in total. The number of benzene rings is 1. The van der Waals surface area contributed by atoms with Gasteiger partial charge < -0.3 is 14.7 Å². The second-order valence-electron chi connectivity index (χ2n) is 4.28. The molecule has 0 aromatic heterocycles. The molecule has 0 spiro atoms. The Hall–Kier alpha value is -2.34. The Balaban J connectivity index is 2.07. The lowest BCUT2D eigenvalue weighted by atomic mass is 10.1. The van der Waals surface area contributed by atoms with Crippen LogP contribution in [0.4, 0.5) is 0 Å². The second-order valence-corrected chi connectivity index (χ2v) is 4.28. The molecule has 1 atom stereocenters. The van der Waals surface area contributed by atoms with Crippen molar-refractivity contribution in [3.05, 3.63) is 35.4 Å². The van der Waals surface area contributed by atoms with Crippen LogP contribution in [0.15, 0.2) is 24.3 Å². The number of amides is 1. The lowest BCUT2D eigenvalue weighted by Gasteiger charge is -2.29. The Morgan fingerprint density at radius 2 is 2.20 bits per heavy atom. The van der Waals surface area contributed by atoms with Gasteiger partial charge in [-0.3, -0.25) is 4.79 Å². The number of rotatable bonds is 1. The number of nitrogens with zero attached hydrogens (tertiary/aromatic N) is 2. The Kier molecular flexibility index (Phi) is 4.73. The molecule has 1 N–H and O–H groups in total. The van der Waals surface area contributed by atoms with Gasteiger partial charge in [0.2, 0.25) is 0 Å². The van der Waals surface area contributed by atoms with Gasteiger partial charge in [0.05, 0.1) is 19.2 Å². The van der Waals surface area contributed by atoms with Crippen LogP contribution in [-0.2, 0) is 4.74 Å². The number of carbonyl (C=O) groups is 1. The summed E-state index contributed by atoms with van der Waals surface area (Å²) in [6.45, 7) is 0.971. The third-order valence-electron chi connectivity index (χ3n) is 2.94. The molecule has 1 amide bonds. The van der Waals surface area contributed by atoms with E-state index in [1.165, 1.54) is 0 Å². The highest BCUT2D eigenvalue weighted by molar-refractivity contribution is 5.94. The molecule has 1 fully saturated rings. The van der Waals surface area contributed by atoms with Crippen molar-refractivity contribution in [2.24, 2.45) is 0 Å². The number of hydrogen-bond acceptors (Lipinski definition) is 4. The predicted octanol–water partition coefficient (Wildman–Crippen LogP) is 0.395. The summed E-state index contributed by atoms with van der Waals surface area (Å²) in [5.41, 5.74) is 1.30. The first-order chi connectivity index (χ1) is 9.74. The quantitative estimate of drug-likeness (QED) is 0.749. The van der Waals surface area contributed by atoms with Gasteiger partial charge >= 0.3 is 0 Å². The van der Waals surface area contributed by atoms with Gasteiger partial charge in [-0.15, -0.1) is 0 Å². The van der Waals surface area contributed by atoms with Gasteiger partial charge in [-0.1, -0.05) is 11.8 Å². The summed E-state index contributed by atoms with van der Waals surface area (Å²) in [6, 6.07) is 8.87. The summed E-state index contributed by atoms with van der Waals surface area (Å²) < 4.78 is 5.21. The van der Waals surface area contributed by atoms with Gasteiger partial charge in [0.15, 0.2) is 6.10 Å². The summed E-state index contributed by atoms with van der Waals surface area (Å²) >= 11 is 0. The van der Waals surface area contributed by atoms with E-state index >= 15 is 0 Å². The van der Waals surface area contributed by atoms with Crippen molar-refractivity contribution in [3.63, 3.8) is 0 Å². The Morgan fingerprint density at radius 3 is 2.85 bits per heavy atom. The van der Waals surface area contributed by atoms with Gasteiger partial charge in [0, 0.05) is 17.7 Å². The van der Waals surface area contributed by atoms with Gasteiger partial charge in [0.1, 0.15) is 6.61 Å². The average Bonchev–Trinajstić information content (AvgIpc) is 2.52. The average molecular weight is 270 g/mol. The first kappa shape index (κ1) is 14.1. The van der Waals surface area contributed by atoms with E-state index in [-0.39, 0.29) is 12.5 Å². The monoisotopic (exact) mass is 270 g/mol. The molecule has 1 aliphatic heterocycles. The topological polar surface area (TPSA) is 73.6 Å². The van der Waals surface area contributed by atoms with Crippen molar-refractivity contribution in [2.45, 2.75) is 6.10 Å². The van der Waals surface area contributed by atoms with Gasteiger partial charge in [-0.05, 0) is 24.3 Å². The molecule has 0 radical (unpaired) electrons. The maximum Gasteiger partial charge on any atom is 0.254 e. The minimum absolute atomic E-state index is 0.116. The normalized spacial score (nSPS) is 17.8. The zero-order valence-corrected chi connectivity index (χ0v) is 10.9. The Bertz CT molecular complexity index is 578. The maximum absolute atomic E-state index is 12.3. The molecule has 2 rings (SSSR count). The van der Waals surface area contributed by atoms with E-state index in [0.29, 0.717) is 25.3 Å². The summed E-state index contributed by atoms with van der Waals surface area (Å²) in [7, 11) is 0. The number of nitriles is 1. The van der Waals surface area contributed by atoms with E-state index in [9.17, 15) is 4.79 Å². The van der Waals surface area contributed by atoms with E-state index < -0.39 is 6.10 Å². The van der Waals surface area contributed by atoms with Crippen molar-refractivity contribution in [1.29, 1.82) is 5.26 Å². The fraction of sp³-hybridized carbons (Fsp3) is 0.333. The van der Waals surface area contributed by atoms with E-state index in [1.807, 2.05) is 6.07 Å². The molecule has 1 heterocycles. The minimum atomic E-state index is -0.553. The SMILES string of the molecule is N#CC1CN(C(=O)c2ccc(C#CCO)cc2)CCO1. The van der Waals surface area contributed by atoms with Gasteiger partial charge in [-0.2, -0.15) is 5.26 Å². The molecular formula is C15H14N2O3. The molecule has 0 bridgehead atoms. The molecule has 0 saturated carbocycles. The first-order valence-corrected chi connectivity index (χ1v) is 6.25. The molecule has 102 valence electrons. The fourth-order valence-electron chi connectivity index (χ4n) is 1.93. The highest BCUT2D eigenvalue weighted by Gasteiger charge is 2.24. The van der Waals surface area contributed by atoms with Crippen molar-refractivity contribution in [3.8, 4) is 17.9 Å². The lowest BCUT2D eigenvalue weighted by molar-refractivity contribution is 0.00347. The van der Waals surface area contributed by atoms with Crippen LogP contribution in [0.5, 0.6) is 0 Å². The molecule has 1 aromatic rings. The molecular weight excluding hydrogens is 256 g/mol. The molecule has 1 aromatic carbocycles. The highest BCUT2D eigenvalue weighted by atomic mass is 16.5. The zero-order valence-electron chi connectivity index (χ0n) is 10.9. The molecule has 1 unspecified atom stereocenters. The molecule has 0 aliphatic carbocycles. The number of aliphatic hydroxyl groups is 1. The highest BCUT2D eigenvalue weighted by Crippen LogP contribution is 2.11. The molecule has 1 saturated heterocycles. The van der Waals surface area contributed by atoms with Crippen LogP contribution in [-0.4, -0.2) is 48.3 Å². The lowest BCUT2D eigenvalue weighted by Crippen LogP contribution is -2.45.